The Bertz CT molecular complexity index is 263. The fraction of sp³-hybridized carbons (Fsp3) is 0. The van der Waals surface area contributed by atoms with Crippen molar-refractivity contribution in [1.82, 2.24) is 0 Å². The van der Waals surface area contributed by atoms with Crippen LogP contribution in [-0.4, -0.2) is 10.2 Å². The topological polar surface area (TPSA) is 0 Å². The Hall–Kier alpha value is -0.963. The van der Waals surface area contributed by atoms with Crippen LogP contribution < -0.4 is 0 Å². The second kappa shape index (κ2) is 3.43. The van der Waals surface area contributed by atoms with Gasteiger partial charge in [0, 0.05) is 15.4 Å². The summed E-state index contributed by atoms with van der Waals surface area (Å²) in [6.07, 6.45) is -1.55. The molecule has 58 valence electrons. The van der Waals surface area contributed by atoms with E-state index in [9.17, 15) is 8.78 Å². The van der Waals surface area contributed by atoms with Crippen molar-refractivity contribution >= 4 is 15.4 Å². The second-order valence-corrected chi connectivity index (χ2v) is 3.25. The van der Waals surface area contributed by atoms with Crippen molar-refractivity contribution < 1.29 is 8.78 Å². The quantitative estimate of drug-likeness (QED) is 0.562. The molecule has 0 saturated heterocycles. The lowest BCUT2D eigenvalue weighted by Crippen LogP contribution is -1.83. The highest BCUT2D eigenvalue weighted by atomic mass is 28.1. The first kappa shape index (κ1) is 8.14. The molecule has 0 aliphatic carbocycles. The largest absolute Gasteiger partial charge is 0.269 e. The molecule has 0 spiro atoms. The first-order valence-electron chi connectivity index (χ1n) is 3.29. The maximum absolute atomic E-state index is 12.0. The third kappa shape index (κ3) is 1.98. The molecule has 0 heterocycles. The summed E-state index contributed by atoms with van der Waals surface area (Å²) in [6, 6.07) is 8.73. The summed E-state index contributed by atoms with van der Waals surface area (Å²) >= 11 is 0. The highest BCUT2D eigenvalue weighted by Crippen LogP contribution is 2.16. The van der Waals surface area contributed by atoms with E-state index >= 15 is 0 Å². The zero-order valence-corrected chi connectivity index (χ0v) is 8.14. The molecule has 0 amide bonds. The van der Waals surface area contributed by atoms with Gasteiger partial charge in [0.25, 0.3) is 6.08 Å². The zero-order chi connectivity index (χ0) is 8.27. The highest BCUT2D eigenvalue weighted by Gasteiger charge is 2.00. The zero-order valence-electron chi connectivity index (χ0n) is 6.14. The molecule has 0 aliphatic rings. The normalized spacial score (nSPS) is 9.64. The molecule has 0 bridgehead atoms. The van der Waals surface area contributed by atoms with Crippen molar-refractivity contribution in [1.29, 1.82) is 0 Å². The Morgan fingerprint density at radius 3 is 2.09 bits per heavy atom. The standard InChI is InChI=1S/C8H8F2Si/c9-8(10)7(11)6-4-2-1-3-5-6/h1-5H,11H3. The van der Waals surface area contributed by atoms with E-state index in [-0.39, 0.29) is 5.20 Å². The molecule has 0 radical (unpaired) electrons. The Morgan fingerprint density at radius 2 is 1.64 bits per heavy atom. The van der Waals surface area contributed by atoms with E-state index in [0.717, 1.165) is 0 Å². The number of halogens is 2. The van der Waals surface area contributed by atoms with E-state index in [1.165, 1.54) is 0 Å². The predicted octanol–water partition coefficient (Wildman–Crippen LogP) is 1.62. The molecule has 0 fully saturated rings. The van der Waals surface area contributed by atoms with Gasteiger partial charge in [-0.3, -0.25) is 0 Å². The van der Waals surface area contributed by atoms with Crippen LogP contribution in [-0.2, 0) is 0 Å². The lowest BCUT2D eigenvalue weighted by Gasteiger charge is -1.97. The molecule has 0 unspecified atom stereocenters. The van der Waals surface area contributed by atoms with Gasteiger partial charge in [0.05, 0.1) is 0 Å². The van der Waals surface area contributed by atoms with E-state index in [2.05, 4.69) is 0 Å². The molecule has 0 saturated carbocycles. The first-order chi connectivity index (χ1) is 5.22. The van der Waals surface area contributed by atoms with Crippen LogP contribution in [0.25, 0.3) is 5.20 Å². The maximum atomic E-state index is 12.0. The second-order valence-electron chi connectivity index (χ2n) is 2.25. The molecule has 1 aromatic carbocycles. The number of hydrogen-bond acceptors (Lipinski definition) is 0. The Labute approximate surface area is 67.0 Å². The number of hydrogen-bond donors (Lipinski definition) is 0. The average Bonchev–Trinajstić information content (AvgIpc) is 2.05. The summed E-state index contributed by atoms with van der Waals surface area (Å²) in [5.41, 5.74) is 0.638. The Kier molecular flexibility index (Phi) is 2.54. The van der Waals surface area contributed by atoms with Gasteiger partial charge in [-0.15, -0.1) is 0 Å². The van der Waals surface area contributed by atoms with E-state index < -0.39 is 6.08 Å². The van der Waals surface area contributed by atoms with Gasteiger partial charge in [-0.2, -0.15) is 8.78 Å². The van der Waals surface area contributed by atoms with Gasteiger partial charge < -0.3 is 0 Å². The molecule has 3 heteroatoms. The lowest BCUT2D eigenvalue weighted by atomic mass is 10.2. The molecule has 0 nitrogen and oxygen atoms in total. The smallest absolute Gasteiger partial charge is 0.174 e. The van der Waals surface area contributed by atoms with Crippen molar-refractivity contribution in [3.8, 4) is 0 Å². The fourth-order valence-corrected chi connectivity index (χ4v) is 1.13. The van der Waals surface area contributed by atoms with Crippen LogP contribution in [0.3, 0.4) is 0 Å². The number of rotatable bonds is 1. The fourth-order valence-electron chi connectivity index (χ4n) is 0.797. The molecule has 0 atom stereocenters. The first-order valence-corrected chi connectivity index (χ1v) is 4.29. The molecule has 11 heavy (non-hydrogen) atoms. The van der Waals surface area contributed by atoms with Gasteiger partial charge in [0.15, 0.2) is 0 Å². The van der Waals surface area contributed by atoms with Crippen molar-refractivity contribution in [2.45, 2.75) is 0 Å². The van der Waals surface area contributed by atoms with E-state index in [4.69, 9.17) is 0 Å². The number of benzene rings is 1. The summed E-state index contributed by atoms with van der Waals surface area (Å²) < 4.78 is 24.1. The van der Waals surface area contributed by atoms with Crippen LogP contribution in [0.15, 0.2) is 36.4 Å². The van der Waals surface area contributed by atoms with Crippen LogP contribution in [0.5, 0.6) is 0 Å². The summed E-state index contributed by atoms with van der Waals surface area (Å²) in [6.45, 7) is 0. The molecular formula is C8H8F2Si. The SMILES string of the molecule is FC(F)=C([SiH3])c1ccccc1. The monoisotopic (exact) mass is 170 g/mol. The Balaban J connectivity index is 3.04. The van der Waals surface area contributed by atoms with Gasteiger partial charge in [0.2, 0.25) is 0 Å². The van der Waals surface area contributed by atoms with Crippen molar-refractivity contribution in [3.63, 3.8) is 0 Å². The average molecular weight is 170 g/mol. The van der Waals surface area contributed by atoms with Gasteiger partial charge in [-0.1, -0.05) is 30.3 Å². The van der Waals surface area contributed by atoms with Gasteiger partial charge in [-0.25, -0.2) is 0 Å². The summed E-state index contributed by atoms with van der Waals surface area (Å²) in [7, 11) is 0.391. The van der Waals surface area contributed by atoms with E-state index in [0.29, 0.717) is 15.8 Å². The molecular weight excluding hydrogens is 162 g/mol. The van der Waals surface area contributed by atoms with Crippen LogP contribution >= 0.6 is 0 Å². The van der Waals surface area contributed by atoms with E-state index in [1.54, 1.807) is 24.3 Å². The van der Waals surface area contributed by atoms with Crippen LogP contribution in [0, 0.1) is 0 Å². The molecule has 0 aromatic heterocycles. The van der Waals surface area contributed by atoms with Crippen molar-refractivity contribution in [2.24, 2.45) is 0 Å². The highest BCUT2D eigenvalue weighted by molar-refractivity contribution is 6.42. The molecule has 1 aromatic rings. The maximum Gasteiger partial charge on any atom is 0.269 e. The summed E-state index contributed by atoms with van der Waals surface area (Å²) in [5, 5.41) is 0.186. The van der Waals surface area contributed by atoms with Gasteiger partial charge >= 0.3 is 0 Å². The minimum atomic E-state index is -1.55. The van der Waals surface area contributed by atoms with Crippen LogP contribution in [0.1, 0.15) is 5.56 Å². The van der Waals surface area contributed by atoms with Gasteiger partial charge in [-0.05, 0) is 5.56 Å². The lowest BCUT2D eigenvalue weighted by molar-refractivity contribution is 0.428. The predicted molar refractivity (Wildman–Crippen MR) is 45.5 cm³/mol. The van der Waals surface area contributed by atoms with Crippen LogP contribution in [0.2, 0.25) is 0 Å². The Morgan fingerprint density at radius 1 is 1.09 bits per heavy atom. The van der Waals surface area contributed by atoms with E-state index in [1.807, 2.05) is 6.07 Å². The summed E-state index contributed by atoms with van der Waals surface area (Å²) in [4.78, 5) is 0. The minimum absolute atomic E-state index is 0.186. The molecule has 0 aliphatic heterocycles. The third-order valence-corrected chi connectivity index (χ3v) is 2.45. The molecule has 1 rings (SSSR count). The van der Waals surface area contributed by atoms with Crippen LogP contribution in [0.4, 0.5) is 8.78 Å². The van der Waals surface area contributed by atoms with Crippen molar-refractivity contribution in [2.75, 3.05) is 0 Å². The summed E-state index contributed by atoms with van der Waals surface area (Å²) in [5.74, 6) is 0. The van der Waals surface area contributed by atoms with Gasteiger partial charge in [0.1, 0.15) is 0 Å². The third-order valence-electron chi connectivity index (χ3n) is 1.49. The molecule has 0 N–H and O–H groups in total. The minimum Gasteiger partial charge on any atom is -0.174 e. The van der Waals surface area contributed by atoms with Crippen molar-refractivity contribution in [3.05, 3.63) is 42.0 Å².